The van der Waals surface area contributed by atoms with Crippen LogP contribution in [-0.4, -0.2) is 91.6 Å². The fourth-order valence-corrected chi connectivity index (χ4v) is 7.30. The number of aliphatic hydroxyl groups is 1. The molecule has 6 rings (SSSR count). The molecule has 3 N–H and O–H groups in total. The molecule has 0 radical (unpaired) electrons. The molecule has 0 bridgehead atoms. The van der Waals surface area contributed by atoms with Crippen molar-refractivity contribution in [1.29, 1.82) is 0 Å². The maximum absolute atomic E-state index is 10.2. The summed E-state index contributed by atoms with van der Waals surface area (Å²) in [4.78, 5) is 19.7. The number of nitrogens with zero attached hydrogens (tertiary/aromatic N) is 5. The van der Waals surface area contributed by atoms with Crippen molar-refractivity contribution in [3.8, 4) is 5.75 Å². The van der Waals surface area contributed by atoms with Crippen molar-refractivity contribution in [1.82, 2.24) is 15.0 Å². The molecule has 3 saturated heterocycles. The highest BCUT2D eigenvalue weighted by atomic mass is 32.2. The number of methoxy groups -OCH3 is 1. The number of fused-ring (bicyclic) bond motifs is 3. The Morgan fingerprint density at radius 2 is 2.10 bits per heavy atom. The van der Waals surface area contributed by atoms with Crippen LogP contribution < -0.4 is 20.3 Å². The Kier molecular flexibility index (Phi) is 7.84. The Morgan fingerprint density at radius 3 is 2.85 bits per heavy atom. The maximum atomic E-state index is 10.2. The third-order valence-electron chi connectivity index (χ3n) is 8.67. The van der Waals surface area contributed by atoms with Gasteiger partial charge in [0, 0.05) is 50.3 Å². The van der Waals surface area contributed by atoms with Crippen LogP contribution in [0.2, 0.25) is 0 Å². The molecule has 212 valence electrons. The lowest BCUT2D eigenvalue weighted by atomic mass is 9.73. The summed E-state index contributed by atoms with van der Waals surface area (Å²) in [7, 11) is 1.64. The zero-order chi connectivity index (χ0) is 27.0. The van der Waals surface area contributed by atoms with E-state index in [0.29, 0.717) is 42.7 Å². The van der Waals surface area contributed by atoms with Crippen LogP contribution in [0.5, 0.6) is 5.75 Å². The van der Waals surface area contributed by atoms with E-state index < -0.39 is 0 Å². The lowest BCUT2D eigenvalue weighted by Crippen LogP contribution is -2.51. The predicted molar refractivity (Wildman–Crippen MR) is 146 cm³/mol. The minimum absolute atomic E-state index is 0.0320. The largest absolute Gasteiger partial charge is 0.486 e. The predicted octanol–water partition coefficient (Wildman–Crippen LogP) is 2.06. The number of nitrogens with two attached hydrogens (primary N) is 1. The number of piperidine rings is 1. The Morgan fingerprint density at radius 1 is 1.26 bits per heavy atom. The summed E-state index contributed by atoms with van der Waals surface area (Å²) in [5.74, 6) is 2.79. The summed E-state index contributed by atoms with van der Waals surface area (Å²) in [5.41, 5.74) is 7.10. The number of anilines is 2. The molecule has 1 spiro atoms. The lowest BCUT2D eigenvalue weighted by Gasteiger charge is -2.41. The topological polar surface area (TPSA) is 128 Å². The van der Waals surface area contributed by atoms with Gasteiger partial charge in [0.25, 0.3) is 0 Å². The SMILES string of the molecule is COCOC[C@@H]1CC2COc3c(Sc4cnc(N5CCC6(CC5)CO[C@@H](C)[C@H]6N)c(CO)n4)ccnc3N2C1. The van der Waals surface area contributed by atoms with Gasteiger partial charge in [0.05, 0.1) is 43.1 Å². The quantitative estimate of drug-likeness (QED) is 0.363. The van der Waals surface area contributed by atoms with Crippen LogP contribution in [0.3, 0.4) is 0 Å². The average Bonchev–Trinajstić information content (AvgIpc) is 3.50. The molecule has 4 aliphatic heterocycles. The number of ether oxygens (including phenoxy) is 4. The Hall–Kier alpha value is -2.22. The molecule has 2 aromatic heterocycles. The molecule has 0 amide bonds. The number of aromatic nitrogens is 3. The van der Waals surface area contributed by atoms with Crippen LogP contribution in [0.25, 0.3) is 0 Å². The number of rotatable bonds is 8. The van der Waals surface area contributed by atoms with Crippen molar-refractivity contribution in [2.24, 2.45) is 17.1 Å². The molecule has 39 heavy (non-hydrogen) atoms. The monoisotopic (exact) mass is 558 g/mol. The molecule has 12 heteroatoms. The van der Waals surface area contributed by atoms with E-state index in [0.717, 1.165) is 67.8 Å². The first-order valence-corrected chi connectivity index (χ1v) is 14.5. The van der Waals surface area contributed by atoms with E-state index >= 15 is 0 Å². The molecule has 0 saturated carbocycles. The summed E-state index contributed by atoms with van der Waals surface area (Å²) >= 11 is 1.49. The van der Waals surface area contributed by atoms with Crippen molar-refractivity contribution in [2.75, 3.05) is 63.2 Å². The van der Waals surface area contributed by atoms with E-state index in [1.54, 1.807) is 13.3 Å². The third kappa shape index (κ3) is 5.18. The fourth-order valence-electron chi connectivity index (χ4n) is 6.44. The Bertz CT molecular complexity index is 1170. The molecule has 1 unspecified atom stereocenters. The van der Waals surface area contributed by atoms with Gasteiger partial charge in [-0.25, -0.2) is 15.0 Å². The highest BCUT2D eigenvalue weighted by Crippen LogP contribution is 2.45. The van der Waals surface area contributed by atoms with E-state index in [9.17, 15) is 5.11 Å². The minimum atomic E-state index is -0.176. The summed E-state index contributed by atoms with van der Waals surface area (Å²) in [6, 6.07) is 2.30. The molecule has 0 aromatic carbocycles. The highest BCUT2D eigenvalue weighted by Gasteiger charge is 2.48. The van der Waals surface area contributed by atoms with Gasteiger partial charge in [-0.3, -0.25) is 0 Å². The van der Waals surface area contributed by atoms with Crippen LogP contribution in [0.1, 0.15) is 31.9 Å². The molecular weight excluding hydrogens is 520 g/mol. The van der Waals surface area contributed by atoms with Crippen LogP contribution in [-0.2, 0) is 20.8 Å². The number of aliphatic hydroxyl groups excluding tert-OH is 1. The highest BCUT2D eigenvalue weighted by molar-refractivity contribution is 7.99. The normalized spacial score (nSPS) is 27.5. The average molecular weight is 559 g/mol. The van der Waals surface area contributed by atoms with E-state index in [1.807, 2.05) is 12.3 Å². The van der Waals surface area contributed by atoms with E-state index in [1.165, 1.54) is 11.8 Å². The Balaban J connectivity index is 1.15. The van der Waals surface area contributed by atoms with Crippen LogP contribution >= 0.6 is 11.8 Å². The fraction of sp³-hybridized carbons (Fsp3) is 0.667. The van der Waals surface area contributed by atoms with Gasteiger partial charge in [0.1, 0.15) is 24.1 Å². The van der Waals surface area contributed by atoms with Gasteiger partial charge in [-0.15, -0.1) is 0 Å². The molecular formula is C27H38N6O5S. The smallest absolute Gasteiger partial charge is 0.175 e. The number of hydrogen-bond donors (Lipinski definition) is 2. The standard InChI is InChI=1S/C27H38N6O5S/c1-17-24(28)27(15-38-17)4-7-32(8-5-27)25-20(12-34)31-22(10-30-25)39-21-3-6-29-26-23(21)37-14-19-9-18(11-33(19)26)13-36-16-35-2/h3,6,10,17-19,24,34H,4-5,7-9,11-16,28H2,1-2H3/t17-,18+,19?,24+/m0/s1. The van der Waals surface area contributed by atoms with Crippen LogP contribution in [0, 0.1) is 11.3 Å². The van der Waals surface area contributed by atoms with Crippen LogP contribution in [0.15, 0.2) is 28.4 Å². The zero-order valence-electron chi connectivity index (χ0n) is 22.6. The lowest BCUT2D eigenvalue weighted by molar-refractivity contribution is -0.0414. The van der Waals surface area contributed by atoms with Crippen molar-refractivity contribution >= 4 is 23.4 Å². The van der Waals surface area contributed by atoms with Gasteiger partial charge in [-0.05, 0) is 32.3 Å². The summed E-state index contributed by atoms with van der Waals surface area (Å²) < 4.78 is 22.7. The van der Waals surface area contributed by atoms with E-state index in [-0.39, 0.29) is 24.2 Å². The Labute approximate surface area is 233 Å². The molecule has 6 heterocycles. The van der Waals surface area contributed by atoms with Gasteiger partial charge in [-0.1, -0.05) is 11.8 Å². The van der Waals surface area contributed by atoms with E-state index in [4.69, 9.17) is 34.6 Å². The number of hydrogen-bond acceptors (Lipinski definition) is 12. The minimum Gasteiger partial charge on any atom is -0.486 e. The van der Waals surface area contributed by atoms with Crippen molar-refractivity contribution in [3.05, 3.63) is 24.2 Å². The van der Waals surface area contributed by atoms with Crippen molar-refractivity contribution in [2.45, 2.75) is 60.9 Å². The van der Waals surface area contributed by atoms with Crippen molar-refractivity contribution in [3.63, 3.8) is 0 Å². The summed E-state index contributed by atoms with van der Waals surface area (Å²) in [6.45, 7) is 6.70. The van der Waals surface area contributed by atoms with Gasteiger partial charge >= 0.3 is 0 Å². The first kappa shape index (κ1) is 27.0. The molecule has 0 aliphatic carbocycles. The summed E-state index contributed by atoms with van der Waals surface area (Å²) in [6.07, 6.45) is 6.59. The van der Waals surface area contributed by atoms with E-state index in [2.05, 4.69) is 21.7 Å². The second-order valence-corrected chi connectivity index (χ2v) is 12.2. The number of pyridine rings is 1. The molecule has 2 aromatic rings. The van der Waals surface area contributed by atoms with Gasteiger partial charge in [0.15, 0.2) is 17.4 Å². The maximum Gasteiger partial charge on any atom is 0.175 e. The van der Waals surface area contributed by atoms with Gasteiger partial charge in [0.2, 0.25) is 0 Å². The zero-order valence-corrected chi connectivity index (χ0v) is 23.4. The van der Waals surface area contributed by atoms with Crippen LogP contribution in [0.4, 0.5) is 11.6 Å². The van der Waals surface area contributed by atoms with Gasteiger partial charge in [-0.2, -0.15) is 0 Å². The first-order valence-electron chi connectivity index (χ1n) is 13.7. The summed E-state index contributed by atoms with van der Waals surface area (Å²) in [5, 5.41) is 10.9. The first-order chi connectivity index (χ1) is 19.0. The van der Waals surface area contributed by atoms with Gasteiger partial charge < -0.3 is 39.6 Å². The second kappa shape index (κ2) is 11.3. The second-order valence-electron chi connectivity index (χ2n) is 11.1. The van der Waals surface area contributed by atoms with Crippen molar-refractivity contribution < 1.29 is 24.1 Å². The third-order valence-corrected chi connectivity index (χ3v) is 9.61. The molecule has 4 atom stereocenters. The molecule has 4 aliphatic rings. The molecule has 11 nitrogen and oxygen atoms in total. The molecule has 3 fully saturated rings.